The number of carboxylic acid groups (broad SMARTS) is 1. The maximum absolute atomic E-state index is 12.5. The normalized spacial score (nSPS) is 17.7. The van der Waals surface area contributed by atoms with Crippen molar-refractivity contribution >= 4 is 29.2 Å². The van der Waals surface area contributed by atoms with E-state index in [-0.39, 0.29) is 5.91 Å². The summed E-state index contributed by atoms with van der Waals surface area (Å²) in [5.74, 6) is -1.93. The van der Waals surface area contributed by atoms with Gasteiger partial charge in [-0.2, -0.15) is 13.2 Å². The van der Waals surface area contributed by atoms with Gasteiger partial charge in [-0.25, -0.2) is 4.79 Å². The summed E-state index contributed by atoms with van der Waals surface area (Å²) in [6.07, 6.45) is 3.31. The highest BCUT2D eigenvalue weighted by Crippen LogP contribution is 2.25. The Labute approximate surface area is 226 Å². The van der Waals surface area contributed by atoms with Crippen molar-refractivity contribution in [2.75, 3.05) is 38.0 Å². The third-order valence-corrected chi connectivity index (χ3v) is 7.14. The van der Waals surface area contributed by atoms with Crippen molar-refractivity contribution in [3.8, 4) is 0 Å². The Bertz CT molecular complexity index is 1030. The van der Waals surface area contributed by atoms with Crippen molar-refractivity contribution in [1.82, 2.24) is 9.80 Å². The van der Waals surface area contributed by atoms with Gasteiger partial charge in [-0.15, -0.1) is 0 Å². The van der Waals surface area contributed by atoms with E-state index in [1.54, 1.807) is 12.1 Å². The van der Waals surface area contributed by atoms with Gasteiger partial charge in [0, 0.05) is 42.5 Å². The van der Waals surface area contributed by atoms with Gasteiger partial charge in [-0.1, -0.05) is 43.0 Å². The molecule has 10 heteroatoms. The molecule has 4 rings (SSSR count). The van der Waals surface area contributed by atoms with E-state index in [1.807, 2.05) is 24.3 Å². The third kappa shape index (κ3) is 10.3. The Balaban J connectivity index is 0.000000505. The van der Waals surface area contributed by atoms with Crippen molar-refractivity contribution in [1.29, 1.82) is 0 Å². The fraction of sp³-hybridized carbons (Fsp3) is 0.500. The molecule has 6 nitrogen and oxygen atoms in total. The second-order valence-corrected chi connectivity index (χ2v) is 10.3. The highest BCUT2D eigenvalue weighted by Gasteiger charge is 2.38. The number of anilines is 1. The molecule has 2 aromatic carbocycles. The number of aliphatic carboxylic acids is 1. The lowest BCUT2D eigenvalue weighted by Crippen LogP contribution is -2.34. The Morgan fingerprint density at radius 2 is 1.45 bits per heavy atom. The summed E-state index contributed by atoms with van der Waals surface area (Å²) >= 11 is 5.91. The zero-order valence-electron chi connectivity index (χ0n) is 21.4. The van der Waals surface area contributed by atoms with Crippen molar-refractivity contribution < 1.29 is 27.9 Å². The number of amides is 1. The highest BCUT2D eigenvalue weighted by atomic mass is 35.5. The van der Waals surface area contributed by atoms with Crippen LogP contribution in [0.2, 0.25) is 5.02 Å². The van der Waals surface area contributed by atoms with Crippen molar-refractivity contribution in [3.63, 3.8) is 0 Å². The molecule has 0 aromatic heterocycles. The first-order valence-corrected chi connectivity index (χ1v) is 13.4. The van der Waals surface area contributed by atoms with Crippen LogP contribution in [0.3, 0.4) is 0 Å². The molecule has 2 fully saturated rings. The molecule has 0 spiro atoms. The van der Waals surface area contributed by atoms with Crippen LogP contribution in [-0.4, -0.2) is 65.7 Å². The molecule has 38 heavy (non-hydrogen) atoms. The first-order valence-electron chi connectivity index (χ1n) is 13.0. The van der Waals surface area contributed by atoms with Crippen LogP contribution in [-0.2, 0) is 11.3 Å². The maximum atomic E-state index is 12.5. The van der Waals surface area contributed by atoms with E-state index in [4.69, 9.17) is 21.5 Å². The highest BCUT2D eigenvalue weighted by molar-refractivity contribution is 6.30. The fourth-order valence-electron chi connectivity index (χ4n) is 4.86. The molecular formula is C28H35ClF3N3O3. The summed E-state index contributed by atoms with van der Waals surface area (Å²) in [6.45, 7) is 6.95. The van der Waals surface area contributed by atoms with E-state index in [1.165, 1.54) is 63.7 Å². The average molecular weight is 554 g/mol. The second-order valence-electron chi connectivity index (χ2n) is 9.90. The predicted molar refractivity (Wildman–Crippen MR) is 142 cm³/mol. The SMILES string of the molecule is O=C(Nc1ccc(Cl)cc1)c1ccc(CN2CCCN(CC3CCCCC3)CC2)cc1.O=C(O)C(F)(F)F. The van der Waals surface area contributed by atoms with Gasteiger partial charge in [0.05, 0.1) is 0 Å². The summed E-state index contributed by atoms with van der Waals surface area (Å²) in [7, 11) is 0. The quantitative estimate of drug-likeness (QED) is 0.438. The van der Waals surface area contributed by atoms with Gasteiger partial charge in [0.15, 0.2) is 0 Å². The number of carbonyl (C=O) groups excluding carboxylic acids is 1. The third-order valence-electron chi connectivity index (χ3n) is 6.89. The molecule has 2 aromatic rings. The minimum atomic E-state index is -5.08. The molecule has 208 valence electrons. The number of nitrogens with one attached hydrogen (secondary N) is 1. The molecule has 2 N–H and O–H groups in total. The summed E-state index contributed by atoms with van der Waals surface area (Å²) in [4.78, 5) is 26.6. The van der Waals surface area contributed by atoms with Crippen LogP contribution in [0, 0.1) is 5.92 Å². The Morgan fingerprint density at radius 3 is 2.05 bits per heavy atom. The smallest absolute Gasteiger partial charge is 0.475 e. The number of hydrogen-bond acceptors (Lipinski definition) is 4. The first-order chi connectivity index (χ1) is 18.1. The number of alkyl halides is 3. The largest absolute Gasteiger partial charge is 0.490 e. The van der Waals surface area contributed by atoms with Gasteiger partial charge in [0.2, 0.25) is 0 Å². The molecule has 2 aliphatic rings. The number of nitrogens with zero attached hydrogens (tertiary/aromatic N) is 2. The minimum absolute atomic E-state index is 0.0954. The molecule has 0 bridgehead atoms. The Kier molecular flexibility index (Phi) is 11.4. The van der Waals surface area contributed by atoms with Crippen molar-refractivity contribution in [2.24, 2.45) is 5.92 Å². The fourth-order valence-corrected chi connectivity index (χ4v) is 4.98. The van der Waals surface area contributed by atoms with E-state index in [0.29, 0.717) is 10.6 Å². The first kappa shape index (κ1) is 29.9. The predicted octanol–water partition coefficient (Wildman–Crippen LogP) is 6.31. The maximum Gasteiger partial charge on any atom is 0.490 e. The number of halogens is 4. The molecule has 0 radical (unpaired) electrons. The van der Waals surface area contributed by atoms with Gasteiger partial charge in [0.1, 0.15) is 0 Å². The van der Waals surface area contributed by atoms with Gasteiger partial charge in [-0.3, -0.25) is 9.69 Å². The van der Waals surface area contributed by atoms with Crippen LogP contribution in [0.1, 0.15) is 54.4 Å². The molecule has 1 saturated carbocycles. The average Bonchev–Trinajstić information content (AvgIpc) is 3.11. The lowest BCUT2D eigenvalue weighted by molar-refractivity contribution is -0.192. The van der Waals surface area contributed by atoms with E-state index >= 15 is 0 Å². The zero-order chi connectivity index (χ0) is 27.5. The molecule has 0 atom stereocenters. The molecule has 1 aliphatic carbocycles. The van der Waals surface area contributed by atoms with Gasteiger partial charge < -0.3 is 15.3 Å². The van der Waals surface area contributed by atoms with Crippen LogP contribution >= 0.6 is 11.6 Å². The number of carbonyl (C=O) groups is 2. The molecular weight excluding hydrogens is 519 g/mol. The second kappa shape index (κ2) is 14.5. The van der Waals surface area contributed by atoms with Crippen molar-refractivity contribution in [2.45, 2.75) is 51.2 Å². The number of benzene rings is 2. The van der Waals surface area contributed by atoms with E-state index < -0.39 is 12.1 Å². The number of hydrogen-bond donors (Lipinski definition) is 2. The minimum Gasteiger partial charge on any atom is -0.475 e. The Morgan fingerprint density at radius 1 is 0.868 bits per heavy atom. The summed E-state index contributed by atoms with van der Waals surface area (Å²) < 4.78 is 31.7. The summed E-state index contributed by atoms with van der Waals surface area (Å²) in [6, 6.07) is 15.2. The Hall–Kier alpha value is -2.62. The monoisotopic (exact) mass is 553 g/mol. The van der Waals surface area contributed by atoms with E-state index in [0.717, 1.165) is 31.2 Å². The summed E-state index contributed by atoms with van der Waals surface area (Å²) in [5.41, 5.74) is 2.69. The van der Waals surface area contributed by atoms with Crippen LogP contribution in [0.5, 0.6) is 0 Å². The van der Waals surface area contributed by atoms with E-state index in [2.05, 4.69) is 27.2 Å². The standard InChI is InChI=1S/C26H34ClN3O.C2HF3O2/c27-24-11-13-25(14-12-24)28-26(31)23-9-7-22(8-10-23)20-30-16-4-15-29(17-18-30)19-21-5-2-1-3-6-21;3-2(4,5)1(6)7/h7-14,21H,1-6,15-20H2,(H,28,31);(H,6,7). The molecule has 1 aliphatic heterocycles. The van der Waals surface area contributed by atoms with Gasteiger partial charge in [0.25, 0.3) is 5.91 Å². The van der Waals surface area contributed by atoms with Crippen LogP contribution in [0.15, 0.2) is 48.5 Å². The van der Waals surface area contributed by atoms with Crippen LogP contribution in [0.4, 0.5) is 18.9 Å². The van der Waals surface area contributed by atoms with E-state index in [9.17, 15) is 18.0 Å². The van der Waals surface area contributed by atoms with Crippen molar-refractivity contribution in [3.05, 3.63) is 64.7 Å². The molecule has 1 heterocycles. The summed E-state index contributed by atoms with van der Waals surface area (Å²) in [5, 5.41) is 10.7. The lowest BCUT2D eigenvalue weighted by Gasteiger charge is -2.29. The number of rotatable bonds is 6. The van der Waals surface area contributed by atoms with Crippen LogP contribution < -0.4 is 5.32 Å². The van der Waals surface area contributed by atoms with Gasteiger partial charge in [-0.05, 0) is 80.2 Å². The topological polar surface area (TPSA) is 72.9 Å². The lowest BCUT2D eigenvalue weighted by atomic mass is 9.89. The number of carboxylic acids is 1. The molecule has 1 amide bonds. The van der Waals surface area contributed by atoms with Gasteiger partial charge >= 0.3 is 12.1 Å². The molecule has 0 unspecified atom stereocenters. The zero-order valence-corrected chi connectivity index (χ0v) is 22.1. The molecule has 1 saturated heterocycles. The van der Waals surface area contributed by atoms with Crippen LogP contribution in [0.25, 0.3) is 0 Å².